The predicted molar refractivity (Wildman–Crippen MR) is 152 cm³/mol. The van der Waals surface area contributed by atoms with Crippen LogP contribution in [0.15, 0.2) is 66.9 Å². The van der Waals surface area contributed by atoms with E-state index in [0.717, 1.165) is 57.9 Å². The number of piperazine rings is 1. The van der Waals surface area contributed by atoms with Gasteiger partial charge in [-0.05, 0) is 61.3 Å². The summed E-state index contributed by atoms with van der Waals surface area (Å²) in [5.74, 6) is -0.674. The van der Waals surface area contributed by atoms with Crippen LogP contribution < -0.4 is 4.90 Å². The lowest BCUT2D eigenvalue weighted by atomic mass is 10.1. The molecule has 0 unspecified atom stereocenters. The molecule has 0 bridgehead atoms. The van der Waals surface area contributed by atoms with Crippen molar-refractivity contribution in [1.29, 1.82) is 0 Å². The van der Waals surface area contributed by atoms with Gasteiger partial charge in [0.25, 0.3) is 0 Å². The van der Waals surface area contributed by atoms with Crippen molar-refractivity contribution in [3.63, 3.8) is 0 Å². The van der Waals surface area contributed by atoms with E-state index in [1.165, 1.54) is 11.1 Å². The van der Waals surface area contributed by atoms with Crippen molar-refractivity contribution in [2.45, 2.75) is 46.5 Å². The summed E-state index contributed by atoms with van der Waals surface area (Å²) in [6, 6.07) is 19.7. The summed E-state index contributed by atoms with van der Waals surface area (Å²) in [6.45, 7) is 12.4. The van der Waals surface area contributed by atoms with Crippen molar-refractivity contribution in [1.82, 2.24) is 14.8 Å². The molecular weight excluding hydrogens is 492 g/mol. The van der Waals surface area contributed by atoms with E-state index in [-0.39, 0.29) is 17.6 Å². The van der Waals surface area contributed by atoms with E-state index in [1.54, 1.807) is 24.4 Å². The summed E-state index contributed by atoms with van der Waals surface area (Å²) in [6.07, 6.45) is 1.51. The van der Waals surface area contributed by atoms with Gasteiger partial charge in [0, 0.05) is 52.0 Å². The highest BCUT2D eigenvalue weighted by molar-refractivity contribution is 5.93. The van der Waals surface area contributed by atoms with Gasteiger partial charge >= 0.3 is 11.9 Å². The number of carbonyl (C=O) groups excluding carboxylic acids is 1. The van der Waals surface area contributed by atoms with E-state index in [4.69, 9.17) is 4.74 Å². The second-order valence-corrected chi connectivity index (χ2v) is 10.2. The minimum Gasteiger partial charge on any atom is -0.478 e. The second kappa shape index (κ2) is 13.4. The van der Waals surface area contributed by atoms with Gasteiger partial charge in [0.05, 0.1) is 11.7 Å². The first-order valence-corrected chi connectivity index (χ1v) is 13.6. The largest absolute Gasteiger partial charge is 0.478 e. The van der Waals surface area contributed by atoms with Crippen molar-refractivity contribution in [3.8, 4) is 0 Å². The lowest BCUT2D eigenvalue weighted by Crippen LogP contribution is -2.46. The first kappa shape index (κ1) is 28.3. The Morgan fingerprint density at radius 3 is 2.31 bits per heavy atom. The van der Waals surface area contributed by atoms with E-state index in [1.807, 2.05) is 32.0 Å². The van der Waals surface area contributed by atoms with Crippen LogP contribution in [0.4, 0.5) is 5.82 Å². The van der Waals surface area contributed by atoms with Gasteiger partial charge in [-0.25, -0.2) is 14.6 Å². The maximum absolute atomic E-state index is 12.3. The number of aromatic nitrogens is 1. The van der Waals surface area contributed by atoms with Gasteiger partial charge in [-0.15, -0.1) is 0 Å². The molecule has 206 valence electrons. The highest BCUT2D eigenvalue weighted by atomic mass is 16.5. The number of carbonyl (C=O) groups is 2. The Morgan fingerprint density at radius 2 is 1.64 bits per heavy atom. The molecule has 1 aromatic heterocycles. The fourth-order valence-electron chi connectivity index (χ4n) is 4.82. The van der Waals surface area contributed by atoms with Gasteiger partial charge in [0.1, 0.15) is 11.4 Å². The highest BCUT2D eigenvalue weighted by Gasteiger charge is 2.22. The van der Waals surface area contributed by atoms with Crippen LogP contribution in [-0.2, 0) is 24.4 Å². The molecule has 0 amide bonds. The van der Waals surface area contributed by atoms with Crippen molar-refractivity contribution in [2.24, 2.45) is 0 Å². The number of carboxylic acid groups (broad SMARTS) is 1. The summed E-state index contributed by atoms with van der Waals surface area (Å²) in [4.78, 5) is 35.0. The molecule has 0 saturated carbocycles. The summed E-state index contributed by atoms with van der Waals surface area (Å²) in [7, 11) is 0. The van der Waals surface area contributed by atoms with Crippen LogP contribution in [0.3, 0.4) is 0 Å². The average Bonchev–Trinajstić information content (AvgIpc) is 2.94. The molecule has 0 radical (unpaired) electrons. The Balaban J connectivity index is 1.29. The molecule has 2 aromatic carbocycles. The number of anilines is 1. The SMILES string of the molecule is CCN(Cc1ccc(CN2CCN(c3ncccc3C(=O)O)CC2)cc1)Cc1cccc(C(=O)OC(C)C)c1. The fraction of sp³-hybridized carbons (Fsp3) is 0.387. The van der Waals surface area contributed by atoms with E-state index in [2.05, 4.69) is 50.9 Å². The van der Waals surface area contributed by atoms with Crippen LogP contribution >= 0.6 is 0 Å². The maximum Gasteiger partial charge on any atom is 0.339 e. The number of nitrogens with zero attached hydrogens (tertiary/aromatic N) is 4. The third-order valence-electron chi connectivity index (χ3n) is 6.88. The summed E-state index contributed by atoms with van der Waals surface area (Å²) < 4.78 is 5.34. The molecule has 2 heterocycles. The number of esters is 1. The molecule has 1 aliphatic heterocycles. The molecular formula is C31H38N4O4. The zero-order chi connectivity index (χ0) is 27.8. The lowest BCUT2D eigenvalue weighted by Gasteiger charge is -2.35. The Kier molecular flexibility index (Phi) is 9.68. The first-order valence-electron chi connectivity index (χ1n) is 13.6. The van der Waals surface area contributed by atoms with Crippen LogP contribution in [0.1, 0.15) is 58.2 Å². The Hall–Kier alpha value is -3.75. The quantitative estimate of drug-likeness (QED) is 0.358. The number of hydrogen-bond acceptors (Lipinski definition) is 7. The van der Waals surface area contributed by atoms with Gasteiger partial charge in [0.15, 0.2) is 0 Å². The van der Waals surface area contributed by atoms with Crippen LogP contribution in [0, 0.1) is 0 Å². The predicted octanol–water partition coefficient (Wildman–Crippen LogP) is 4.69. The number of carboxylic acids is 1. The third-order valence-corrected chi connectivity index (χ3v) is 6.88. The van der Waals surface area contributed by atoms with E-state index in [0.29, 0.717) is 11.4 Å². The standard InChI is InChI=1S/C31H38N4O4/c1-4-33(22-26-7-5-8-27(19-26)31(38)39-23(2)3)20-24-10-12-25(13-11-24)21-34-15-17-35(18-16-34)29-28(30(36)37)9-6-14-32-29/h5-14,19,23H,4,15-18,20-22H2,1-3H3,(H,36,37). The number of aromatic carboxylic acids is 1. The molecule has 1 aliphatic rings. The van der Waals surface area contributed by atoms with Crippen molar-refractivity contribution >= 4 is 17.8 Å². The molecule has 3 aromatic rings. The zero-order valence-corrected chi connectivity index (χ0v) is 23.0. The molecule has 1 fully saturated rings. The molecule has 39 heavy (non-hydrogen) atoms. The van der Waals surface area contributed by atoms with Crippen molar-refractivity contribution in [2.75, 3.05) is 37.6 Å². The number of rotatable bonds is 11. The van der Waals surface area contributed by atoms with Gasteiger partial charge in [0.2, 0.25) is 0 Å². The normalized spacial score (nSPS) is 14.1. The number of pyridine rings is 1. The highest BCUT2D eigenvalue weighted by Crippen LogP contribution is 2.20. The maximum atomic E-state index is 12.3. The molecule has 1 N–H and O–H groups in total. The lowest BCUT2D eigenvalue weighted by molar-refractivity contribution is 0.0377. The van der Waals surface area contributed by atoms with Crippen LogP contribution in [0.5, 0.6) is 0 Å². The van der Waals surface area contributed by atoms with E-state index in [9.17, 15) is 14.7 Å². The fourth-order valence-corrected chi connectivity index (χ4v) is 4.82. The number of ether oxygens (including phenoxy) is 1. The van der Waals surface area contributed by atoms with E-state index < -0.39 is 5.97 Å². The molecule has 4 rings (SSSR count). The molecule has 0 atom stereocenters. The van der Waals surface area contributed by atoms with Gasteiger partial charge in [-0.3, -0.25) is 9.80 Å². The Labute approximate surface area is 230 Å². The van der Waals surface area contributed by atoms with Crippen LogP contribution in [-0.4, -0.2) is 70.7 Å². The minimum absolute atomic E-state index is 0.139. The Bertz CT molecular complexity index is 1250. The van der Waals surface area contributed by atoms with Gasteiger partial charge in [-0.2, -0.15) is 0 Å². The number of benzene rings is 2. The summed E-state index contributed by atoms with van der Waals surface area (Å²) >= 11 is 0. The van der Waals surface area contributed by atoms with Gasteiger partial charge in [-0.1, -0.05) is 43.3 Å². The average molecular weight is 531 g/mol. The second-order valence-electron chi connectivity index (χ2n) is 10.2. The smallest absolute Gasteiger partial charge is 0.339 e. The van der Waals surface area contributed by atoms with Crippen LogP contribution in [0.25, 0.3) is 0 Å². The molecule has 8 heteroatoms. The monoisotopic (exact) mass is 530 g/mol. The molecule has 8 nitrogen and oxygen atoms in total. The number of hydrogen-bond donors (Lipinski definition) is 1. The topological polar surface area (TPSA) is 86.2 Å². The van der Waals surface area contributed by atoms with Crippen LogP contribution in [0.2, 0.25) is 0 Å². The summed E-state index contributed by atoms with van der Waals surface area (Å²) in [5.41, 5.74) is 4.44. The van der Waals surface area contributed by atoms with Crippen molar-refractivity contribution in [3.05, 3.63) is 94.7 Å². The first-order chi connectivity index (χ1) is 18.8. The molecule has 0 aliphatic carbocycles. The Morgan fingerprint density at radius 1 is 0.949 bits per heavy atom. The van der Waals surface area contributed by atoms with Gasteiger partial charge < -0.3 is 14.7 Å². The zero-order valence-electron chi connectivity index (χ0n) is 23.0. The third kappa shape index (κ3) is 7.88. The van der Waals surface area contributed by atoms with E-state index >= 15 is 0 Å². The molecule has 1 saturated heterocycles. The summed E-state index contributed by atoms with van der Waals surface area (Å²) in [5, 5.41) is 9.47. The van der Waals surface area contributed by atoms with Crippen molar-refractivity contribution < 1.29 is 19.4 Å². The molecule has 0 spiro atoms. The minimum atomic E-state index is -0.942.